The van der Waals surface area contributed by atoms with Crippen LogP contribution in [0.15, 0.2) is 71.0 Å². The third kappa shape index (κ3) is 5.27. The van der Waals surface area contributed by atoms with Gasteiger partial charge in [-0.1, -0.05) is 23.9 Å². The average Bonchev–Trinajstić information content (AvgIpc) is 3.21. The molecule has 31 heavy (non-hydrogen) atoms. The number of ether oxygens (including phenoxy) is 1. The summed E-state index contributed by atoms with van der Waals surface area (Å²) in [6.07, 6.45) is 3.49. The highest BCUT2D eigenvalue weighted by Gasteiger charge is 2.20. The Balaban J connectivity index is 1.74. The van der Waals surface area contributed by atoms with Crippen LogP contribution in [-0.2, 0) is 14.8 Å². The van der Waals surface area contributed by atoms with E-state index in [4.69, 9.17) is 4.74 Å². The molecular formula is C21H24N4O4S2. The molecule has 164 valence electrons. The van der Waals surface area contributed by atoms with E-state index in [1.165, 1.54) is 38.0 Å². The third-order valence-corrected chi connectivity index (χ3v) is 7.36. The number of imidazole rings is 1. The van der Waals surface area contributed by atoms with Crippen molar-refractivity contribution in [2.75, 3.05) is 26.5 Å². The number of methoxy groups -OCH3 is 1. The van der Waals surface area contributed by atoms with Crippen molar-refractivity contribution in [3.63, 3.8) is 0 Å². The van der Waals surface area contributed by atoms with Crippen molar-refractivity contribution in [2.45, 2.75) is 22.2 Å². The van der Waals surface area contributed by atoms with Crippen molar-refractivity contribution < 1.29 is 17.9 Å². The molecule has 3 rings (SSSR count). The monoisotopic (exact) mass is 460 g/mol. The number of nitrogens with one attached hydrogen (secondary N) is 1. The Hall–Kier alpha value is -2.82. The van der Waals surface area contributed by atoms with Crippen LogP contribution >= 0.6 is 11.8 Å². The quantitative estimate of drug-likeness (QED) is 0.519. The van der Waals surface area contributed by atoms with E-state index in [0.29, 0.717) is 10.8 Å². The second-order valence-corrected chi connectivity index (χ2v) is 10.3. The highest BCUT2D eigenvalue weighted by Crippen LogP contribution is 2.27. The number of amides is 1. The molecule has 0 saturated carbocycles. The number of nitrogens with zero attached hydrogens (tertiary/aromatic N) is 3. The Kier molecular flexibility index (Phi) is 7.04. The van der Waals surface area contributed by atoms with E-state index in [9.17, 15) is 13.2 Å². The summed E-state index contributed by atoms with van der Waals surface area (Å²) < 4.78 is 32.9. The number of anilines is 1. The van der Waals surface area contributed by atoms with Crippen LogP contribution < -0.4 is 10.1 Å². The van der Waals surface area contributed by atoms with Gasteiger partial charge in [-0.3, -0.25) is 9.36 Å². The van der Waals surface area contributed by atoms with Gasteiger partial charge in [-0.15, -0.1) is 0 Å². The van der Waals surface area contributed by atoms with Crippen LogP contribution in [0, 0.1) is 0 Å². The lowest BCUT2D eigenvalue weighted by Gasteiger charge is -2.15. The van der Waals surface area contributed by atoms with Gasteiger partial charge in [0.25, 0.3) is 0 Å². The number of carbonyl (C=O) groups excluding carboxylic acids is 1. The number of sulfonamides is 1. The zero-order chi connectivity index (χ0) is 22.6. The smallest absolute Gasteiger partial charge is 0.242 e. The zero-order valence-corrected chi connectivity index (χ0v) is 19.3. The fraction of sp³-hybridized carbons (Fsp3) is 0.238. The molecule has 2 aromatic carbocycles. The minimum absolute atomic E-state index is 0.115. The van der Waals surface area contributed by atoms with Crippen molar-refractivity contribution in [1.82, 2.24) is 13.9 Å². The molecule has 0 spiro atoms. The van der Waals surface area contributed by atoms with Gasteiger partial charge in [0.1, 0.15) is 5.75 Å². The summed E-state index contributed by atoms with van der Waals surface area (Å²) in [6.45, 7) is 1.77. The summed E-state index contributed by atoms with van der Waals surface area (Å²) in [7, 11) is 0.944. The van der Waals surface area contributed by atoms with Gasteiger partial charge in [-0.05, 0) is 37.3 Å². The molecule has 1 heterocycles. The summed E-state index contributed by atoms with van der Waals surface area (Å²) in [4.78, 5) is 17.2. The molecule has 10 heteroatoms. The summed E-state index contributed by atoms with van der Waals surface area (Å²) >= 11 is 1.30. The van der Waals surface area contributed by atoms with Gasteiger partial charge in [0, 0.05) is 38.2 Å². The Morgan fingerprint density at radius 3 is 2.65 bits per heavy atom. The molecule has 0 aliphatic carbocycles. The Labute approximate surface area is 186 Å². The molecule has 1 N–H and O–H groups in total. The lowest BCUT2D eigenvalue weighted by molar-refractivity contribution is -0.115. The molecule has 0 radical (unpaired) electrons. The molecule has 8 nitrogen and oxygen atoms in total. The molecule has 3 aromatic rings. The number of rotatable bonds is 8. The SMILES string of the molecule is COc1cccc(-n2ccnc2S[C@@H](C)C(=O)Nc2cccc(S(=O)(=O)N(C)C)c2)c1. The first kappa shape index (κ1) is 22.9. The molecule has 0 aliphatic rings. The minimum Gasteiger partial charge on any atom is -0.497 e. The summed E-state index contributed by atoms with van der Waals surface area (Å²) in [5.41, 5.74) is 1.28. The van der Waals surface area contributed by atoms with E-state index in [0.717, 1.165) is 15.7 Å². The van der Waals surface area contributed by atoms with Crippen LogP contribution in [0.25, 0.3) is 5.69 Å². The van der Waals surface area contributed by atoms with E-state index in [1.807, 2.05) is 35.0 Å². The van der Waals surface area contributed by atoms with E-state index in [1.54, 1.807) is 32.4 Å². The van der Waals surface area contributed by atoms with Crippen molar-refractivity contribution in [3.8, 4) is 11.4 Å². The lowest BCUT2D eigenvalue weighted by Crippen LogP contribution is -2.24. The fourth-order valence-corrected chi connectivity index (χ4v) is 4.57. The molecule has 0 unspecified atom stereocenters. The first-order valence-electron chi connectivity index (χ1n) is 9.40. The van der Waals surface area contributed by atoms with Crippen molar-refractivity contribution in [1.29, 1.82) is 0 Å². The van der Waals surface area contributed by atoms with Gasteiger partial charge >= 0.3 is 0 Å². The first-order valence-corrected chi connectivity index (χ1v) is 11.7. The molecule has 1 aromatic heterocycles. The van der Waals surface area contributed by atoms with Crippen LogP contribution in [0.4, 0.5) is 5.69 Å². The molecular weight excluding hydrogens is 436 g/mol. The third-order valence-electron chi connectivity index (χ3n) is 4.47. The second-order valence-electron chi connectivity index (χ2n) is 6.85. The second kappa shape index (κ2) is 9.54. The Morgan fingerprint density at radius 2 is 1.94 bits per heavy atom. The molecule has 0 saturated heterocycles. The number of benzene rings is 2. The van der Waals surface area contributed by atoms with Crippen molar-refractivity contribution in [2.24, 2.45) is 0 Å². The Bertz CT molecular complexity index is 1180. The van der Waals surface area contributed by atoms with Crippen molar-refractivity contribution >= 4 is 33.4 Å². The highest BCUT2D eigenvalue weighted by atomic mass is 32.2. The molecule has 0 fully saturated rings. The fourth-order valence-electron chi connectivity index (χ4n) is 2.73. The lowest BCUT2D eigenvalue weighted by atomic mass is 10.3. The van der Waals surface area contributed by atoms with Crippen molar-refractivity contribution in [3.05, 3.63) is 60.9 Å². The largest absolute Gasteiger partial charge is 0.497 e. The van der Waals surface area contributed by atoms with E-state index < -0.39 is 15.3 Å². The van der Waals surface area contributed by atoms with Crippen LogP contribution in [-0.4, -0.2) is 54.6 Å². The standard InChI is InChI=1S/C21H24N4O4S2/c1-15(20(26)23-16-7-5-10-19(13-16)31(27,28)24(2)3)30-21-22-11-12-25(21)17-8-6-9-18(14-17)29-4/h5-15H,1-4H3,(H,23,26)/t15-/m0/s1. The molecule has 1 atom stereocenters. The van der Waals surface area contributed by atoms with Crippen LogP contribution in [0.5, 0.6) is 5.75 Å². The summed E-state index contributed by atoms with van der Waals surface area (Å²) in [5.74, 6) is 0.463. The van der Waals surface area contributed by atoms with Crippen LogP contribution in [0.1, 0.15) is 6.92 Å². The van der Waals surface area contributed by atoms with E-state index in [2.05, 4.69) is 10.3 Å². The minimum atomic E-state index is -3.59. The van der Waals surface area contributed by atoms with Gasteiger partial charge in [0.05, 0.1) is 22.9 Å². The highest BCUT2D eigenvalue weighted by molar-refractivity contribution is 8.00. The van der Waals surface area contributed by atoms with Gasteiger partial charge in [-0.2, -0.15) is 0 Å². The van der Waals surface area contributed by atoms with Crippen LogP contribution in [0.3, 0.4) is 0 Å². The molecule has 0 bridgehead atoms. The predicted molar refractivity (Wildman–Crippen MR) is 121 cm³/mol. The van der Waals surface area contributed by atoms with Gasteiger partial charge in [0.15, 0.2) is 5.16 Å². The normalized spacial score (nSPS) is 12.5. The number of hydrogen-bond donors (Lipinski definition) is 1. The van der Waals surface area contributed by atoms with Gasteiger partial charge in [0.2, 0.25) is 15.9 Å². The van der Waals surface area contributed by atoms with E-state index >= 15 is 0 Å². The number of carbonyl (C=O) groups is 1. The Morgan fingerprint density at radius 1 is 1.19 bits per heavy atom. The van der Waals surface area contributed by atoms with Crippen LogP contribution in [0.2, 0.25) is 0 Å². The summed E-state index contributed by atoms with van der Waals surface area (Å²) in [6, 6.07) is 13.7. The predicted octanol–water partition coefficient (Wildman–Crippen LogP) is 3.25. The molecule has 1 amide bonds. The molecule has 0 aliphatic heterocycles. The maximum absolute atomic E-state index is 12.7. The van der Waals surface area contributed by atoms with Gasteiger partial charge in [-0.25, -0.2) is 17.7 Å². The zero-order valence-electron chi connectivity index (χ0n) is 17.6. The maximum Gasteiger partial charge on any atom is 0.242 e. The number of hydrogen-bond acceptors (Lipinski definition) is 6. The maximum atomic E-state index is 12.7. The summed E-state index contributed by atoms with van der Waals surface area (Å²) in [5, 5.41) is 2.96. The first-order chi connectivity index (χ1) is 14.7. The van der Waals surface area contributed by atoms with Gasteiger partial charge < -0.3 is 10.1 Å². The van der Waals surface area contributed by atoms with E-state index in [-0.39, 0.29) is 10.8 Å². The number of aromatic nitrogens is 2. The topological polar surface area (TPSA) is 93.5 Å². The number of thioether (sulfide) groups is 1. The average molecular weight is 461 g/mol.